The molecule has 1 fully saturated rings. The van der Waals surface area contributed by atoms with Crippen molar-refractivity contribution < 1.29 is 14.4 Å². The maximum atomic E-state index is 12.7. The first-order chi connectivity index (χ1) is 16.4. The summed E-state index contributed by atoms with van der Waals surface area (Å²) in [5, 5.41) is 6.37. The van der Waals surface area contributed by atoms with Crippen molar-refractivity contribution in [2.45, 2.75) is 26.4 Å². The molecule has 1 heterocycles. The molecular formula is C27H26ClN3O3. The Kier molecular flexibility index (Phi) is 7.28. The van der Waals surface area contributed by atoms with Crippen molar-refractivity contribution in [3.63, 3.8) is 0 Å². The number of rotatable bonds is 7. The van der Waals surface area contributed by atoms with Crippen LogP contribution < -0.4 is 10.6 Å². The van der Waals surface area contributed by atoms with E-state index in [-0.39, 0.29) is 24.1 Å². The normalized spacial score (nSPS) is 15.3. The number of aryl methyl sites for hydroxylation is 1. The van der Waals surface area contributed by atoms with Gasteiger partial charge in [-0.2, -0.15) is 0 Å². The van der Waals surface area contributed by atoms with Gasteiger partial charge in [-0.25, -0.2) is 0 Å². The molecule has 174 valence electrons. The van der Waals surface area contributed by atoms with Gasteiger partial charge in [0, 0.05) is 42.3 Å². The van der Waals surface area contributed by atoms with Crippen LogP contribution in [0.1, 0.15) is 33.5 Å². The van der Waals surface area contributed by atoms with Crippen LogP contribution in [-0.4, -0.2) is 29.2 Å². The minimum absolute atomic E-state index is 0.0200. The molecule has 4 rings (SSSR count). The van der Waals surface area contributed by atoms with E-state index < -0.39 is 5.92 Å². The first-order valence-electron chi connectivity index (χ1n) is 11.1. The highest BCUT2D eigenvalue weighted by molar-refractivity contribution is 6.30. The third-order valence-electron chi connectivity index (χ3n) is 5.86. The van der Waals surface area contributed by atoms with Crippen LogP contribution in [0.4, 0.5) is 5.69 Å². The lowest BCUT2D eigenvalue weighted by atomic mass is 10.1. The molecule has 1 atom stereocenters. The highest BCUT2D eigenvalue weighted by Crippen LogP contribution is 2.22. The summed E-state index contributed by atoms with van der Waals surface area (Å²) >= 11 is 5.88. The van der Waals surface area contributed by atoms with Gasteiger partial charge in [-0.3, -0.25) is 14.4 Å². The monoisotopic (exact) mass is 475 g/mol. The predicted molar refractivity (Wildman–Crippen MR) is 132 cm³/mol. The largest absolute Gasteiger partial charge is 0.348 e. The Balaban J connectivity index is 1.28. The van der Waals surface area contributed by atoms with E-state index in [4.69, 9.17) is 11.6 Å². The summed E-state index contributed by atoms with van der Waals surface area (Å²) in [4.78, 5) is 39.3. The molecule has 3 aromatic carbocycles. The number of hydrogen-bond donors (Lipinski definition) is 2. The first-order valence-corrected chi connectivity index (χ1v) is 11.5. The van der Waals surface area contributed by atoms with E-state index >= 15 is 0 Å². The second kappa shape index (κ2) is 10.5. The quantitative estimate of drug-likeness (QED) is 0.525. The highest BCUT2D eigenvalue weighted by atomic mass is 35.5. The molecule has 6 nitrogen and oxygen atoms in total. The van der Waals surface area contributed by atoms with Crippen LogP contribution in [0.15, 0.2) is 72.8 Å². The number of hydrogen-bond acceptors (Lipinski definition) is 3. The predicted octanol–water partition coefficient (Wildman–Crippen LogP) is 4.57. The van der Waals surface area contributed by atoms with Crippen molar-refractivity contribution in [3.8, 4) is 0 Å². The second-order valence-electron chi connectivity index (χ2n) is 8.54. The van der Waals surface area contributed by atoms with Crippen LogP contribution in [0, 0.1) is 12.8 Å². The molecule has 3 aromatic rings. The first kappa shape index (κ1) is 23.5. The van der Waals surface area contributed by atoms with Crippen LogP contribution in [0.5, 0.6) is 0 Å². The molecule has 34 heavy (non-hydrogen) atoms. The third-order valence-corrected chi connectivity index (χ3v) is 6.11. The molecule has 1 unspecified atom stereocenters. The van der Waals surface area contributed by atoms with Crippen LogP contribution in [-0.2, 0) is 22.7 Å². The van der Waals surface area contributed by atoms with Crippen molar-refractivity contribution >= 4 is 35.0 Å². The number of halogens is 1. The number of carbonyl (C=O) groups excluding carboxylic acids is 3. The lowest BCUT2D eigenvalue weighted by molar-refractivity contribution is -0.128. The van der Waals surface area contributed by atoms with E-state index in [1.807, 2.05) is 43.3 Å². The average Bonchev–Trinajstić information content (AvgIpc) is 3.20. The molecule has 0 aromatic heterocycles. The van der Waals surface area contributed by atoms with Gasteiger partial charge in [-0.1, -0.05) is 53.6 Å². The third kappa shape index (κ3) is 6.02. The van der Waals surface area contributed by atoms with E-state index in [9.17, 15) is 14.4 Å². The summed E-state index contributed by atoms with van der Waals surface area (Å²) in [6, 6.07) is 22.0. The van der Waals surface area contributed by atoms with Gasteiger partial charge in [0.15, 0.2) is 0 Å². The lowest BCUT2D eigenvalue weighted by Gasteiger charge is -2.17. The van der Waals surface area contributed by atoms with Gasteiger partial charge < -0.3 is 15.5 Å². The van der Waals surface area contributed by atoms with E-state index in [1.165, 1.54) is 5.56 Å². The van der Waals surface area contributed by atoms with Crippen LogP contribution in [0.3, 0.4) is 0 Å². The summed E-state index contributed by atoms with van der Waals surface area (Å²) in [6.07, 6.45) is 0.197. The summed E-state index contributed by atoms with van der Waals surface area (Å²) in [5.41, 5.74) is 4.24. The fourth-order valence-corrected chi connectivity index (χ4v) is 3.98. The van der Waals surface area contributed by atoms with Gasteiger partial charge in [-0.05, 0) is 54.4 Å². The van der Waals surface area contributed by atoms with Gasteiger partial charge in [0.2, 0.25) is 11.8 Å². The molecule has 1 aliphatic heterocycles. The number of carbonyl (C=O) groups is 3. The standard InChI is InChI=1S/C27H26ClN3O3/c1-18-2-4-20(5-3-18)16-31-17-22(14-25(31)32)27(34)30-24-12-8-21(9-13-24)26(33)29-15-19-6-10-23(28)11-7-19/h2-13,22H,14-17H2,1H3,(H,29,33)(H,30,34). The molecular weight excluding hydrogens is 450 g/mol. The summed E-state index contributed by atoms with van der Waals surface area (Å²) in [7, 11) is 0. The SMILES string of the molecule is Cc1ccc(CN2CC(C(=O)Nc3ccc(C(=O)NCc4ccc(Cl)cc4)cc3)CC2=O)cc1. The molecule has 2 N–H and O–H groups in total. The van der Waals surface area contributed by atoms with Crippen LogP contribution in [0.2, 0.25) is 5.02 Å². The summed E-state index contributed by atoms with van der Waals surface area (Å²) in [6.45, 7) is 3.31. The lowest BCUT2D eigenvalue weighted by Crippen LogP contribution is -2.28. The number of nitrogens with one attached hydrogen (secondary N) is 2. The van der Waals surface area contributed by atoms with Crippen molar-refractivity contribution in [2.75, 3.05) is 11.9 Å². The Hall–Kier alpha value is -3.64. The van der Waals surface area contributed by atoms with Gasteiger partial charge >= 0.3 is 0 Å². The van der Waals surface area contributed by atoms with Gasteiger partial charge in [-0.15, -0.1) is 0 Å². The fraction of sp³-hybridized carbons (Fsp3) is 0.222. The average molecular weight is 476 g/mol. The highest BCUT2D eigenvalue weighted by Gasteiger charge is 2.34. The number of likely N-dealkylation sites (tertiary alicyclic amines) is 1. The summed E-state index contributed by atoms with van der Waals surface area (Å²) in [5.74, 6) is -0.825. The topological polar surface area (TPSA) is 78.5 Å². The molecule has 1 saturated heterocycles. The summed E-state index contributed by atoms with van der Waals surface area (Å²) < 4.78 is 0. The van der Waals surface area contributed by atoms with Gasteiger partial charge in [0.25, 0.3) is 5.91 Å². The zero-order valence-electron chi connectivity index (χ0n) is 18.9. The van der Waals surface area contributed by atoms with E-state index in [2.05, 4.69) is 10.6 Å². The number of anilines is 1. The molecule has 7 heteroatoms. The van der Waals surface area contributed by atoms with Crippen molar-refractivity contribution in [1.82, 2.24) is 10.2 Å². The van der Waals surface area contributed by atoms with Crippen molar-refractivity contribution in [3.05, 3.63) is 100 Å². The minimum Gasteiger partial charge on any atom is -0.348 e. The Labute approximate surface area is 203 Å². The maximum Gasteiger partial charge on any atom is 0.251 e. The second-order valence-corrected chi connectivity index (χ2v) is 8.97. The van der Waals surface area contributed by atoms with Crippen molar-refractivity contribution in [1.29, 1.82) is 0 Å². The Morgan fingerprint density at radius 3 is 2.26 bits per heavy atom. The van der Waals surface area contributed by atoms with Crippen molar-refractivity contribution in [2.24, 2.45) is 5.92 Å². The Morgan fingerprint density at radius 2 is 1.59 bits per heavy atom. The molecule has 0 spiro atoms. The Bertz CT molecular complexity index is 1180. The zero-order valence-corrected chi connectivity index (χ0v) is 19.6. The van der Waals surface area contributed by atoms with E-state index in [1.54, 1.807) is 41.3 Å². The van der Waals surface area contributed by atoms with Crippen LogP contribution >= 0.6 is 11.6 Å². The van der Waals surface area contributed by atoms with E-state index in [0.717, 1.165) is 11.1 Å². The molecule has 0 saturated carbocycles. The number of nitrogens with zero attached hydrogens (tertiary/aromatic N) is 1. The smallest absolute Gasteiger partial charge is 0.251 e. The van der Waals surface area contributed by atoms with Gasteiger partial charge in [0.05, 0.1) is 5.92 Å². The Morgan fingerprint density at radius 1 is 0.941 bits per heavy atom. The molecule has 1 aliphatic rings. The molecule has 0 aliphatic carbocycles. The zero-order chi connectivity index (χ0) is 24.1. The maximum absolute atomic E-state index is 12.7. The molecule has 3 amide bonds. The molecule has 0 radical (unpaired) electrons. The van der Waals surface area contributed by atoms with E-state index in [0.29, 0.717) is 35.9 Å². The number of amides is 3. The van der Waals surface area contributed by atoms with Crippen LogP contribution in [0.25, 0.3) is 0 Å². The number of benzene rings is 3. The van der Waals surface area contributed by atoms with Gasteiger partial charge in [0.1, 0.15) is 0 Å². The fourth-order valence-electron chi connectivity index (χ4n) is 3.85. The minimum atomic E-state index is -0.403. The molecule has 0 bridgehead atoms.